The fraction of sp³-hybridized carbons (Fsp3) is 0.765. The number of guanidine groups is 1. The molecule has 0 saturated carbocycles. The SMILES string of the molecule is CN=C(NCC(C)CN1CCN(C)CC1)N(C)Cc1csc(C)n1.I. The van der Waals surface area contributed by atoms with Crippen LogP contribution in [0.1, 0.15) is 17.6 Å². The van der Waals surface area contributed by atoms with Gasteiger partial charge in [-0.25, -0.2) is 4.98 Å². The van der Waals surface area contributed by atoms with E-state index in [-0.39, 0.29) is 24.0 Å². The van der Waals surface area contributed by atoms with E-state index in [1.54, 1.807) is 11.3 Å². The van der Waals surface area contributed by atoms with Gasteiger partial charge in [-0.15, -0.1) is 35.3 Å². The smallest absolute Gasteiger partial charge is 0.193 e. The highest BCUT2D eigenvalue weighted by atomic mass is 127. The number of piperazine rings is 1. The number of likely N-dealkylation sites (N-methyl/N-ethyl adjacent to an activating group) is 1. The monoisotopic (exact) mass is 480 g/mol. The molecule has 0 aromatic carbocycles. The van der Waals surface area contributed by atoms with Gasteiger partial charge in [-0.05, 0) is 19.9 Å². The second-order valence-electron chi connectivity index (χ2n) is 6.85. The van der Waals surface area contributed by atoms with Crippen molar-refractivity contribution in [1.29, 1.82) is 0 Å². The Morgan fingerprint density at radius 2 is 2.08 bits per heavy atom. The molecule has 0 aliphatic carbocycles. The summed E-state index contributed by atoms with van der Waals surface area (Å²) in [5, 5.41) is 6.74. The maximum atomic E-state index is 4.53. The molecule has 2 heterocycles. The Balaban J connectivity index is 0.00000312. The number of hydrogen-bond donors (Lipinski definition) is 1. The van der Waals surface area contributed by atoms with Gasteiger partial charge in [-0.1, -0.05) is 6.92 Å². The average molecular weight is 480 g/mol. The topological polar surface area (TPSA) is 47.0 Å². The molecule has 8 heteroatoms. The molecule has 1 N–H and O–H groups in total. The third-order valence-electron chi connectivity index (χ3n) is 4.41. The predicted molar refractivity (Wildman–Crippen MR) is 118 cm³/mol. The van der Waals surface area contributed by atoms with Crippen LogP contribution in [0.5, 0.6) is 0 Å². The molecule has 0 spiro atoms. The average Bonchev–Trinajstić information content (AvgIpc) is 2.95. The van der Waals surface area contributed by atoms with Gasteiger partial charge < -0.3 is 20.0 Å². The van der Waals surface area contributed by atoms with E-state index < -0.39 is 0 Å². The minimum atomic E-state index is 0. The molecule has 6 nitrogen and oxygen atoms in total. The maximum absolute atomic E-state index is 4.53. The Labute approximate surface area is 173 Å². The van der Waals surface area contributed by atoms with Crippen molar-refractivity contribution in [2.45, 2.75) is 20.4 Å². The zero-order valence-electron chi connectivity index (χ0n) is 16.2. The van der Waals surface area contributed by atoms with E-state index >= 15 is 0 Å². The van der Waals surface area contributed by atoms with Crippen LogP contribution in [0.4, 0.5) is 0 Å². The van der Waals surface area contributed by atoms with Crippen LogP contribution in [0.3, 0.4) is 0 Å². The lowest BCUT2D eigenvalue weighted by Gasteiger charge is -2.34. The molecular formula is C17H33IN6S. The Bertz CT molecular complexity index is 527. The van der Waals surface area contributed by atoms with E-state index in [4.69, 9.17) is 0 Å². The first-order valence-corrected chi connectivity index (χ1v) is 9.59. The minimum absolute atomic E-state index is 0. The molecule has 1 fully saturated rings. The summed E-state index contributed by atoms with van der Waals surface area (Å²) in [4.78, 5) is 16.0. The van der Waals surface area contributed by atoms with Gasteiger partial charge in [0.25, 0.3) is 0 Å². The molecule has 1 aliphatic heterocycles. The van der Waals surface area contributed by atoms with Crippen molar-refractivity contribution in [2.75, 3.05) is 60.4 Å². The van der Waals surface area contributed by atoms with Gasteiger partial charge in [0.1, 0.15) is 0 Å². The van der Waals surface area contributed by atoms with E-state index in [1.807, 2.05) is 14.0 Å². The van der Waals surface area contributed by atoms with Crippen molar-refractivity contribution in [3.05, 3.63) is 16.1 Å². The first-order chi connectivity index (χ1) is 11.5. The number of aliphatic imine (C=N–C) groups is 1. The molecule has 0 amide bonds. The number of aryl methyl sites for hydroxylation is 1. The minimum Gasteiger partial charge on any atom is -0.356 e. The summed E-state index contributed by atoms with van der Waals surface area (Å²) >= 11 is 1.70. The summed E-state index contributed by atoms with van der Waals surface area (Å²) in [6.07, 6.45) is 0. The molecule has 0 radical (unpaired) electrons. The lowest BCUT2D eigenvalue weighted by Crippen LogP contribution is -2.47. The number of aromatic nitrogens is 1. The highest BCUT2D eigenvalue weighted by Crippen LogP contribution is 2.10. The van der Waals surface area contributed by atoms with Crippen LogP contribution in [0, 0.1) is 12.8 Å². The summed E-state index contributed by atoms with van der Waals surface area (Å²) in [5.74, 6) is 1.53. The van der Waals surface area contributed by atoms with Crippen molar-refractivity contribution >= 4 is 41.3 Å². The van der Waals surface area contributed by atoms with Gasteiger partial charge in [-0.2, -0.15) is 0 Å². The summed E-state index contributed by atoms with van der Waals surface area (Å²) in [6, 6.07) is 0. The van der Waals surface area contributed by atoms with Crippen molar-refractivity contribution in [3.63, 3.8) is 0 Å². The lowest BCUT2D eigenvalue weighted by atomic mass is 10.1. The van der Waals surface area contributed by atoms with E-state index in [9.17, 15) is 0 Å². The van der Waals surface area contributed by atoms with Crippen molar-refractivity contribution in [2.24, 2.45) is 10.9 Å². The largest absolute Gasteiger partial charge is 0.356 e. The lowest BCUT2D eigenvalue weighted by molar-refractivity contribution is 0.139. The first-order valence-electron chi connectivity index (χ1n) is 8.71. The summed E-state index contributed by atoms with van der Waals surface area (Å²) in [6.45, 7) is 11.9. The third-order valence-corrected chi connectivity index (χ3v) is 5.24. The quantitative estimate of drug-likeness (QED) is 0.383. The van der Waals surface area contributed by atoms with Crippen molar-refractivity contribution in [1.82, 2.24) is 25.0 Å². The van der Waals surface area contributed by atoms with Crippen LogP contribution in [0.25, 0.3) is 0 Å². The third kappa shape index (κ3) is 7.76. The predicted octanol–water partition coefficient (Wildman–Crippen LogP) is 1.96. The second kappa shape index (κ2) is 11.3. The maximum Gasteiger partial charge on any atom is 0.193 e. The summed E-state index contributed by atoms with van der Waals surface area (Å²) in [7, 11) is 6.11. The van der Waals surface area contributed by atoms with Gasteiger partial charge in [0.2, 0.25) is 0 Å². The van der Waals surface area contributed by atoms with E-state index in [2.05, 4.69) is 56.4 Å². The number of thiazole rings is 1. The van der Waals surface area contributed by atoms with Crippen LogP contribution < -0.4 is 5.32 Å². The standard InChI is InChI=1S/C17H32N6S.HI/c1-14(11-23-8-6-21(4)7-9-23)10-19-17(18-3)22(5)12-16-13-24-15(2)20-16;/h13-14H,6-12H2,1-5H3,(H,18,19);1H. The zero-order valence-corrected chi connectivity index (χ0v) is 19.3. The number of halogens is 1. The molecule has 144 valence electrons. The van der Waals surface area contributed by atoms with E-state index in [1.165, 1.54) is 26.2 Å². The van der Waals surface area contributed by atoms with Crippen LogP contribution in [-0.2, 0) is 6.54 Å². The molecular weight excluding hydrogens is 447 g/mol. The molecule has 1 aromatic heterocycles. The van der Waals surface area contributed by atoms with Gasteiger partial charge in [0, 0.05) is 58.7 Å². The van der Waals surface area contributed by atoms with Gasteiger partial charge in [0.05, 0.1) is 17.2 Å². The van der Waals surface area contributed by atoms with E-state index in [0.29, 0.717) is 5.92 Å². The van der Waals surface area contributed by atoms with Crippen LogP contribution in [-0.4, -0.2) is 86.1 Å². The molecule has 1 aromatic rings. The molecule has 25 heavy (non-hydrogen) atoms. The fourth-order valence-electron chi connectivity index (χ4n) is 2.98. The van der Waals surface area contributed by atoms with Gasteiger partial charge >= 0.3 is 0 Å². The van der Waals surface area contributed by atoms with Gasteiger partial charge in [-0.3, -0.25) is 4.99 Å². The Hall–Kier alpha value is -0.450. The Morgan fingerprint density at radius 3 is 2.64 bits per heavy atom. The number of rotatable bonds is 6. The molecule has 1 aliphatic rings. The highest BCUT2D eigenvalue weighted by Gasteiger charge is 2.17. The molecule has 2 rings (SSSR count). The number of nitrogens with one attached hydrogen (secondary N) is 1. The normalized spacial score (nSPS) is 17.9. The zero-order chi connectivity index (χ0) is 17.5. The van der Waals surface area contributed by atoms with E-state index in [0.717, 1.165) is 36.3 Å². The van der Waals surface area contributed by atoms with Gasteiger partial charge in [0.15, 0.2) is 5.96 Å². The Morgan fingerprint density at radius 1 is 1.40 bits per heavy atom. The van der Waals surface area contributed by atoms with Crippen molar-refractivity contribution < 1.29 is 0 Å². The number of hydrogen-bond acceptors (Lipinski definition) is 5. The second-order valence-corrected chi connectivity index (χ2v) is 7.91. The number of nitrogens with zero attached hydrogens (tertiary/aromatic N) is 5. The fourth-order valence-corrected chi connectivity index (χ4v) is 3.59. The van der Waals surface area contributed by atoms with Crippen LogP contribution in [0.2, 0.25) is 0 Å². The summed E-state index contributed by atoms with van der Waals surface area (Å²) < 4.78 is 0. The first kappa shape index (κ1) is 22.6. The Kier molecular flexibility index (Phi) is 10.2. The molecule has 1 unspecified atom stereocenters. The molecule has 1 saturated heterocycles. The van der Waals surface area contributed by atoms with Crippen molar-refractivity contribution in [3.8, 4) is 0 Å². The molecule has 0 bridgehead atoms. The van der Waals surface area contributed by atoms with Crippen LogP contribution in [0.15, 0.2) is 10.4 Å². The molecule has 1 atom stereocenters. The summed E-state index contributed by atoms with van der Waals surface area (Å²) in [5.41, 5.74) is 1.11. The highest BCUT2D eigenvalue weighted by molar-refractivity contribution is 14.0. The van der Waals surface area contributed by atoms with Crippen LogP contribution >= 0.6 is 35.3 Å².